The van der Waals surface area contributed by atoms with Crippen LogP contribution in [0.1, 0.15) is 0 Å². The van der Waals surface area contributed by atoms with Gasteiger partial charge in [-0.1, -0.05) is 71.7 Å². The summed E-state index contributed by atoms with van der Waals surface area (Å²) in [5.41, 5.74) is 0. The van der Waals surface area contributed by atoms with Gasteiger partial charge in [-0.15, -0.1) is 0 Å². The highest BCUT2D eigenvalue weighted by atomic mass is 35.5. The predicted molar refractivity (Wildman–Crippen MR) is 101 cm³/mol. The molecule has 0 unspecified atom stereocenters. The quantitative estimate of drug-likeness (QED) is 0.382. The van der Waals surface area contributed by atoms with Crippen molar-refractivity contribution in [3.63, 3.8) is 0 Å². The number of aromatic hydroxyl groups is 2. The number of rotatable bonds is 0. The molecule has 4 aromatic carbocycles. The molecule has 0 heterocycles. The molecule has 4 heteroatoms. The van der Waals surface area contributed by atoms with Crippen LogP contribution < -0.4 is 0 Å². The highest BCUT2D eigenvalue weighted by Gasteiger charge is 2.01. The van der Waals surface area contributed by atoms with Crippen molar-refractivity contribution in [1.29, 1.82) is 0 Å². The summed E-state index contributed by atoms with van der Waals surface area (Å²) in [7, 11) is 0. The maximum atomic E-state index is 9.44. The minimum Gasteiger partial charge on any atom is -0.507 e. The van der Waals surface area contributed by atoms with Crippen LogP contribution in [0.15, 0.2) is 72.8 Å². The maximum Gasteiger partial charge on any atom is 0.123 e. The first kappa shape index (κ1) is 16.4. The molecule has 0 atom stereocenters. The standard InChI is InChI=1S/2C10H7ClO/c2*11-9-5-6-10(12)8-4-2-1-3-7(8)9/h2*1-6,12H. The zero-order chi connectivity index (χ0) is 17.1. The molecule has 4 rings (SSSR count). The molecular weight excluding hydrogens is 343 g/mol. The van der Waals surface area contributed by atoms with E-state index in [9.17, 15) is 10.2 Å². The summed E-state index contributed by atoms with van der Waals surface area (Å²) in [6.07, 6.45) is 0. The molecule has 2 N–H and O–H groups in total. The van der Waals surface area contributed by atoms with Crippen LogP contribution in [0.25, 0.3) is 21.5 Å². The van der Waals surface area contributed by atoms with Crippen LogP contribution in [-0.4, -0.2) is 10.2 Å². The van der Waals surface area contributed by atoms with Gasteiger partial charge in [-0.25, -0.2) is 0 Å². The van der Waals surface area contributed by atoms with Crippen LogP contribution >= 0.6 is 23.2 Å². The Morgan fingerprint density at radius 2 is 0.792 bits per heavy atom. The fourth-order valence-electron chi connectivity index (χ4n) is 2.49. The zero-order valence-electron chi connectivity index (χ0n) is 12.6. The fraction of sp³-hybridized carbons (Fsp3) is 0. The van der Waals surface area contributed by atoms with Gasteiger partial charge in [0.15, 0.2) is 0 Å². The number of phenolic OH excluding ortho intramolecular Hbond substituents is 2. The van der Waals surface area contributed by atoms with Crippen molar-refractivity contribution in [2.45, 2.75) is 0 Å². The average molecular weight is 357 g/mol. The number of benzene rings is 4. The lowest BCUT2D eigenvalue weighted by Crippen LogP contribution is -1.74. The summed E-state index contributed by atoms with van der Waals surface area (Å²) < 4.78 is 0. The van der Waals surface area contributed by atoms with E-state index < -0.39 is 0 Å². The zero-order valence-corrected chi connectivity index (χ0v) is 14.1. The number of phenols is 2. The second-order valence-electron chi connectivity index (χ2n) is 5.22. The van der Waals surface area contributed by atoms with E-state index in [0.29, 0.717) is 10.0 Å². The number of hydrogen-bond donors (Lipinski definition) is 2. The Labute approximate surface area is 149 Å². The Morgan fingerprint density at radius 3 is 1.12 bits per heavy atom. The molecular formula is C20H14Cl2O2. The van der Waals surface area contributed by atoms with Crippen LogP contribution in [0, 0.1) is 0 Å². The van der Waals surface area contributed by atoms with Gasteiger partial charge in [0.05, 0.1) is 0 Å². The second-order valence-corrected chi connectivity index (χ2v) is 6.04. The third-order valence-electron chi connectivity index (χ3n) is 3.70. The summed E-state index contributed by atoms with van der Waals surface area (Å²) in [5.74, 6) is 0.546. The first-order chi connectivity index (χ1) is 11.6. The Kier molecular flexibility index (Phi) is 4.79. The Bertz CT molecular complexity index is 848. The topological polar surface area (TPSA) is 40.5 Å². The predicted octanol–water partition coefficient (Wildman–Crippen LogP) is 6.40. The van der Waals surface area contributed by atoms with Crippen molar-refractivity contribution < 1.29 is 10.2 Å². The SMILES string of the molecule is Oc1ccc(Cl)c2ccccc12.Oc1ccc(Cl)c2ccccc12. The summed E-state index contributed by atoms with van der Waals surface area (Å²) >= 11 is 11.8. The van der Waals surface area contributed by atoms with Gasteiger partial charge in [-0.2, -0.15) is 0 Å². The second kappa shape index (κ2) is 7.00. The van der Waals surface area contributed by atoms with E-state index in [0.717, 1.165) is 21.5 Å². The average Bonchev–Trinajstić information content (AvgIpc) is 2.63. The van der Waals surface area contributed by atoms with E-state index >= 15 is 0 Å². The van der Waals surface area contributed by atoms with Crippen molar-refractivity contribution in [2.75, 3.05) is 0 Å². The normalized spacial score (nSPS) is 10.4. The highest BCUT2D eigenvalue weighted by Crippen LogP contribution is 2.30. The molecule has 0 radical (unpaired) electrons. The van der Waals surface area contributed by atoms with Crippen LogP contribution in [0.4, 0.5) is 0 Å². The van der Waals surface area contributed by atoms with E-state index in [1.54, 1.807) is 24.3 Å². The smallest absolute Gasteiger partial charge is 0.123 e. The molecule has 0 aliphatic heterocycles. The molecule has 4 aromatic rings. The molecule has 0 amide bonds. The maximum absolute atomic E-state index is 9.44. The Hall–Kier alpha value is -2.42. The lowest BCUT2D eigenvalue weighted by atomic mass is 10.1. The van der Waals surface area contributed by atoms with E-state index in [4.69, 9.17) is 23.2 Å². The molecule has 0 aliphatic rings. The minimum absolute atomic E-state index is 0.273. The molecule has 2 nitrogen and oxygen atoms in total. The molecule has 120 valence electrons. The first-order valence-electron chi connectivity index (χ1n) is 7.30. The summed E-state index contributed by atoms with van der Waals surface area (Å²) in [5, 5.41) is 23.6. The molecule has 0 saturated heterocycles. The lowest BCUT2D eigenvalue weighted by molar-refractivity contribution is 0.481. The first-order valence-corrected chi connectivity index (χ1v) is 8.06. The van der Waals surface area contributed by atoms with Gasteiger partial charge >= 0.3 is 0 Å². The van der Waals surface area contributed by atoms with E-state index in [1.165, 1.54) is 0 Å². The fourth-order valence-corrected chi connectivity index (χ4v) is 2.95. The summed E-state index contributed by atoms with van der Waals surface area (Å²) in [4.78, 5) is 0. The van der Waals surface area contributed by atoms with Crippen molar-refractivity contribution in [1.82, 2.24) is 0 Å². The van der Waals surface area contributed by atoms with Crippen LogP contribution in [-0.2, 0) is 0 Å². The third-order valence-corrected chi connectivity index (χ3v) is 4.35. The van der Waals surface area contributed by atoms with Crippen LogP contribution in [0.3, 0.4) is 0 Å². The van der Waals surface area contributed by atoms with Gasteiger partial charge < -0.3 is 10.2 Å². The van der Waals surface area contributed by atoms with Crippen molar-refractivity contribution >= 4 is 44.7 Å². The van der Waals surface area contributed by atoms with E-state index in [1.807, 2.05) is 48.5 Å². The van der Waals surface area contributed by atoms with E-state index in [-0.39, 0.29) is 11.5 Å². The molecule has 24 heavy (non-hydrogen) atoms. The largest absolute Gasteiger partial charge is 0.507 e. The van der Waals surface area contributed by atoms with Crippen molar-refractivity contribution in [2.24, 2.45) is 0 Å². The Balaban J connectivity index is 0.000000141. The number of halogens is 2. The molecule has 0 bridgehead atoms. The van der Waals surface area contributed by atoms with Gasteiger partial charge in [0.2, 0.25) is 0 Å². The van der Waals surface area contributed by atoms with Gasteiger partial charge in [-0.05, 0) is 24.3 Å². The highest BCUT2D eigenvalue weighted by molar-refractivity contribution is 6.36. The third kappa shape index (κ3) is 3.25. The lowest BCUT2D eigenvalue weighted by Gasteiger charge is -2.01. The molecule has 0 aromatic heterocycles. The van der Waals surface area contributed by atoms with Crippen LogP contribution in [0.5, 0.6) is 11.5 Å². The van der Waals surface area contributed by atoms with Crippen LogP contribution in [0.2, 0.25) is 10.0 Å². The van der Waals surface area contributed by atoms with Gasteiger partial charge in [0.25, 0.3) is 0 Å². The molecule has 0 spiro atoms. The summed E-state index contributed by atoms with van der Waals surface area (Å²) in [6.45, 7) is 0. The van der Waals surface area contributed by atoms with Gasteiger partial charge in [0, 0.05) is 31.6 Å². The molecule has 0 saturated carbocycles. The molecule has 0 fully saturated rings. The monoisotopic (exact) mass is 356 g/mol. The van der Waals surface area contributed by atoms with Gasteiger partial charge in [0.1, 0.15) is 11.5 Å². The number of hydrogen-bond acceptors (Lipinski definition) is 2. The van der Waals surface area contributed by atoms with Gasteiger partial charge in [-0.3, -0.25) is 0 Å². The summed E-state index contributed by atoms with van der Waals surface area (Å²) in [6, 6.07) is 21.6. The Morgan fingerprint density at radius 1 is 0.458 bits per heavy atom. The van der Waals surface area contributed by atoms with Crippen molar-refractivity contribution in [3.8, 4) is 11.5 Å². The molecule has 0 aliphatic carbocycles. The number of fused-ring (bicyclic) bond motifs is 2. The van der Waals surface area contributed by atoms with Crippen molar-refractivity contribution in [3.05, 3.63) is 82.8 Å². The van der Waals surface area contributed by atoms with E-state index in [2.05, 4.69) is 0 Å². The minimum atomic E-state index is 0.273.